The third-order valence-electron chi connectivity index (χ3n) is 3.19. The zero-order chi connectivity index (χ0) is 18.3. The molecule has 2 atom stereocenters. The summed E-state index contributed by atoms with van der Waals surface area (Å²) in [5.74, 6) is -2.02. The SMILES string of the molecule is COC(=O)[C@H](CC(C(N)=O)c1ccccc1)NC(=O)OC(C)(C)C. The van der Waals surface area contributed by atoms with Crippen LogP contribution in [0.5, 0.6) is 0 Å². The molecule has 1 unspecified atom stereocenters. The van der Waals surface area contributed by atoms with Crippen molar-refractivity contribution >= 4 is 18.0 Å². The molecule has 0 heterocycles. The Balaban J connectivity index is 2.93. The average Bonchev–Trinajstić information content (AvgIpc) is 2.49. The molecule has 0 aromatic heterocycles. The van der Waals surface area contributed by atoms with Gasteiger partial charge in [0.15, 0.2) is 0 Å². The van der Waals surface area contributed by atoms with Crippen LogP contribution in [-0.4, -0.2) is 36.7 Å². The summed E-state index contributed by atoms with van der Waals surface area (Å²) in [5, 5.41) is 2.44. The Morgan fingerprint density at radius 1 is 1.17 bits per heavy atom. The summed E-state index contributed by atoms with van der Waals surface area (Å²) in [6, 6.07) is 7.74. The Bertz CT molecular complexity index is 580. The number of carbonyl (C=O) groups excluding carboxylic acids is 3. The fraction of sp³-hybridized carbons (Fsp3) is 0.471. The second kappa shape index (κ2) is 8.33. The van der Waals surface area contributed by atoms with Crippen molar-refractivity contribution in [3.8, 4) is 0 Å². The van der Waals surface area contributed by atoms with E-state index in [1.165, 1.54) is 7.11 Å². The van der Waals surface area contributed by atoms with Crippen LogP contribution >= 0.6 is 0 Å². The van der Waals surface area contributed by atoms with E-state index in [-0.39, 0.29) is 6.42 Å². The molecular formula is C17H24N2O5. The highest BCUT2D eigenvalue weighted by molar-refractivity contribution is 5.85. The van der Waals surface area contributed by atoms with Gasteiger partial charge in [-0.05, 0) is 32.8 Å². The summed E-state index contributed by atoms with van der Waals surface area (Å²) in [5.41, 5.74) is 5.40. The normalized spacial score (nSPS) is 13.5. The van der Waals surface area contributed by atoms with Crippen molar-refractivity contribution in [1.82, 2.24) is 5.32 Å². The summed E-state index contributed by atoms with van der Waals surface area (Å²) >= 11 is 0. The number of alkyl carbamates (subject to hydrolysis) is 1. The number of hydrogen-bond donors (Lipinski definition) is 2. The quantitative estimate of drug-likeness (QED) is 0.769. The first-order valence-corrected chi connectivity index (χ1v) is 7.55. The predicted molar refractivity (Wildman–Crippen MR) is 88.2 cm³/mol. The van der Waals surface area contributed by atoms with Gasteiger partial charge in [-0.2, -0.15) is 0 Å². The van der Waals surface area contributed by atoms with Gasteiger partial charge < -0.3 is 20.5 Å². The lowest BCUT2D eigenvalue weighted by molar-refractivity contribution is -0.143. The predicted octanol–water partition coefficient (Wildman–Crippen LogP) is 1.71. The van der Waals surface area contributed by atoms with Gasteiger partial charge in [0.2, 0.25) is 5.91 Å². The first-order valence-electron chi connectivity index (χ1n) is 7.55. The van der Waals surface area contributed by atoms with Crippen LogP contribution in [0.2, 0.25) is 0 Å². The molecule has 1 rings (SSSR count). The minimum Gasteiger partial charge on any atom is -0.467 e. The first kappa shape index (κ1) is 19.5. The number of methoxy groups -OCH3 is 1. The van der Waals surface area contributed by atoms with Crippen molar-refractivity contribution in [2.45, 2.75) is 44.8 Å². The standard InChI is InChI=1S/C17H24N2O5/c1-17(2,3)24-16(22)19-13(15(21)23-4)10-12(14(18)20)11-8-6-5-7-9-11/h5-9,12-13H,10H2,1-4H3,(H2,18,20)(H,19,22)/t12?,13-/m0/s1. The molecule has 0 bridgehead atoms. The Hall–Kier alpha value is -2.57. The summed E-state index contributed by atoms with van der Waals surface area (Å²) in [4.78, 5) is 35.7. The van der Waals surface area contributed by atoms with E-state index in [2.05, 4.69) is 5.32 Å². The molecule has 132 valence electrons. The molecule has 0 radical (unpaired) electrons. The third-order valence-corrected chi connectivity index (χ3v) is 3.19. The van der Waals surface area contributed by atoms with E-state index in [0.29, 0.717) is 5.56 Å². The number of amides is 2. The van der Waals surface area contributed by atoms with E-state index < -0.39 is 35.5 Å². The zero-order valence-corrected chi connectivity index (χ0v) is 14.4. The molecule has 0 fully saturated rings. The zero-order valence-electron chi connectivity index (χ0n) is 14.4. The number of hydrogen-bond acceptors (Lipinski definition) is 5. The Labute approximate surface area is 141 Å². The molecule has 0 aliphatic rings. The van der Waals surface area contributed by atoms with E-state index in [4.69, 9.17) is 15.2 Å². The fourth-order valence-corrected chi connectivity index (χ4v) is 2.14. The molecule has 7 heteroatoms. The number of carbonyl (C=O) groups is 3. The van der Waals surface area contributed by atoms with Gasteiger partial charge >= 0.3 is 12.1 Å². The molecule has 0 saturated heterocycles. The number of esters is 1. The van der Waals surface area contributed by atoms with Crippen LogP contribution in [0.1, 0.15) is 38.7 Å². The molecule has 0 aliphatic heterocycles. The minimum absolute atomic E-state index is 0.0226. The number of benzene rings is 1. The highest BCUT2D eigenvalue weighted by Gasteiger charge is 2.30. The Kier molecular flexibility index (Phi) is 6.76. The lowest BCUT2D eigenvalue weighted by Crippen LogP contribution is -2.45. The van der Waals surface area contributed by atoms with Crippen molar-refractivity contribution in [3.63, 3.8) is 0 Å². The molecule has 24 heavy (non-hydrogen) atoms. The van der Waals surface area contributed by atoms with Gasteiger partial charge in [-0.15, -0.1) is 0 Å². The van der Waals surface area contributed by atoms with Gasteiger partial charge in [-0.1, -0.05) is 30.3 Å². The van der Waals surface area contributed by atoms with E-state index in [1.54, 1.807) is 51.1 Å². The molecule has 7 nitrogen and oxygen atoms in total. The second-order valence-electron chi connectivity index (χ2n) is 6.32. The molecule has 3 N–H and O–H groups in total. The minimum atomic E-state index is -1.05. The van der Waals surface area contributed by atoms with Gasteiger partial charge in [0.1, 0.15) is 11.6 Å². The first-order chi connectivity index (χ1) is 11.1. The fourth-order valence-electron chi connectivity index (χ4n) is 2.14. The molecule has 1 aromatic carbocycles. The van der Waals surface area contributed by atoms with Gasteiger partial charge in [0.05, 0.1) is 13.0 Å². The lowest BCUT2D eigenvalue weighted by atomic mass is 9.91. The second-order valence-corrected chi connectivity index (χ2v) is 6.32. The Morgan fingerprint density at radius 3 is 2.21 bits per heavy atom. The molecule has 0 saturated carbocycles. The Morgan fingerprint density at radius 2 is 1.75 bits per heavy atom. The highest BCUT2D eigenvalue weighted by Crippen LogP contribution is 2.21. The maximum atomic E-state index is 12.0. The average molecular weight is 336 g/mol. The van der Waals surface area contributed by atoms with E-state index in [9.17, 15) is 14.4 Å². The van der Waals surface area contributed by atoms with Crippen molar-refractivity contribution < 1.29 is 23.9 Å². The van der Waals surface area contributed by atoms with E-state index in [1.807, 2.05) is 0 Å². The molecule has 0 spiro atoms. The number of nitrogens with two attached hydrogens (primary N) is 1. The summed E-state index contributed by atoms with van der Waals surface area (Å²) in [6.07, 6.45) is -0.792. The van der Waals surface area contributed by atoms with Gasteiger partial charge in [0.25, 0.3) is 0 Å². The van der Waals surface area contributed by atoms with Gasteiger partial charge in [0, 0.05) is 0 Å². The summed E-state index contributed by atoms with van der Waals surface area (Å²) < 4.78 is 9.84. The van der Waals surface area contributed by atoms with Crippen molar-refractivity contribution in [2.24, 2.45) is 5.73 Å². The summed E-state index contributed by atoms with van der Waals surface area (Å²) in [6.45, 7) is 5.11. The number of nitrogens with one attached hydrogen (secondary N) is 1. The molecule has 0 aliphatic carbocycles. The maximum absolute atomic E-state index is 12.0. The highest BCUT2D eigenvalue weighted by atomic mass is 16.6. The topological polar surface area (TPSA) is 108 Å². The van der Waals surface area contributed by atoms with Crippen LogP contribution in [-0.2, 0) is 19.1 Å². The number of ether oxygens (including phenoxy) is 2. The van der Waals surface area contributed by atoms with Crippen LogP contribution in [0.25, 0.3) is 0 Å². The van der Waals surface area contributed by atoms with Crippen LogP contribution in [0, 0.1) is 0 Å². The van der Waals surface area contributed by atoms with Crippen LogP contribution < -0.4 is 11.1 Å². The maximum Gasteiger partial charge on any atom is 0.408 e. The van der Waals surface area contributed by atoms with E-state index in [0.717, 1.165) is 0 Å². The van der Waals surface area contributed by atoms with Crippen molar-refractivity contribution in [2.75, 3.05) is 7.11 Å². The van der Waals surface area contributed by atoms with Crippen molar-refractivity contribution in [1.29, 1.82) is 0 Å². The van der Waals surface area contributed by atoms with Gasteiger partial charge in [-0.25, -0.2) is 9.59 Å². The van der Waals surface area contributed by atoms with Crippen molar-refractivity contribution in [3.05, 3.63) is 35.9 Å². The largest absolute Gasteiger partial charge is 0.467 e. The monoisotopic (exact) mass is 336 g/mol. The molecular weight excluding hydrogens is 312 g/mol. The summed E-state index contributed by atoms with van der Waals surface area (Å²) in [7, 11) is 1.20. The van der Waals surface area contributed by atoms with E-state index >= 15 is 0 Å². The molecule has 2 amide bonds. The number of rotatable bonds is 6. The van der Waals surface area contributed by atoms with Gasteiger partial charge in [-0.3, -0.25) is 4.79 Å². The van der Waals surface area contributed by atoms with Crippen LogP contribution in [0.3, 0.4) is 0 Å². The number of primary amides is 1. The van der Waals surface area contributed by atoms with Crippen LogP contribution in [0.15, 0.2) is 30.3 Å². The van der Waals surface area contributed by atoms with Crippen LogP contribution in [0.4, 0.5) is 4.79 Å². The molecule has 1 aromatic rings. The lowest BCUT2D eigenvalue weighted by Gasteiger charge is -2.24. The third kappa shape index (κ3) is 6.28. The smallest absolute Gasteiger partial charge is 0.408 e.